The Balaban J connectivity index is 2.20. The molecule has 0 unspecified atom stereocenters. The Morgan fingerprint density at radius 1 is 1.16 bits per heavy atom. The lowest BCUT2D eigenvalue weighted by Gasteiger charge is -2.06. The van der Waals surface area contributed by atoms with E-state index in [1.807, 2.05) is 0 Å². The van der Waals surface area contributed by atoms with Gasteiger partial charge in [-0.05, 0) is 56.1 Å². The molecule has 1 aromatic carbocycles. The van der Waals surface area contributed by atoms with E-state index in [1.165, 1.54) is 6.20 Å². The first-order chi connectivity index (χ1) is 8.97. The highest BCUT2D eigenvalue weighted by atomic mass is 79.9. The highest BCUT2D eigenvalue weighted by Crippen LogP contribution is 2.25. The lowest BCUT2D eigenvalue weighted by molar-refractivity contribution is 0.102. The Morgan fingerprint density at radius 2 is 1.89 bits per heavy atom. The maximum Gasteiger partial charge on any atom is 0.255 e. The zero-order valence-corrected chi connectivity index (χ0v) is 13.9. The number of nitrogens with zero attached hydrogens (tertiary/aromatic N) is 1. The standard InChI is InChI=1S/C12H6Br2Cl2N2O/c13-8-2-1-6(3-10(8)15)12(19)18-7-4-9(14)11(16)17-5-7/h1-5H,(H,18,19). The van der Waals surface area contributed by atoms with E-state index in [2.05, 4.69) is 42.2 Å². The molecule has 1 aromatic heterocycles. The van der Waals surface area contributed by atoms with Crippen LogP contribution < -0.4 is 5.32 Å². The van der Waals surface area contributed by atoms with E-state index in [-0.39, 0.29) is 5.91 Å². The van der Waals surface area contributed by atoms with Crippen LogP contribution in [0.1, 0.15) is 10.4 Å². The third-order valence-corrected chi connectivity index (χ3v) is 4.60. The zero-order chi connectivity index (χ0) is 14.0. The summed E-state index contributed by atoms with van der Waals surface area (Å²) in [6.45, 7) is 0. The molecular formula is C12H6Br2Cl2N2O. The number of hydrogen-bond acceptors (Lipinski definition) is 2. The smallest absolute Gasteiger partial charge is 0.255 e. The minimum absolute atomic E-state index is 0.273. The zero-order valence-electron chi connectivity index (χ0n) is 9.25. The van der Waals surface area contributed by atoms with Gasteiger partial charge in [0.2, 0.25) is 0 Å². The summed E-state index contributed by atoms with van der Waals surface area (Å²) in [5.41, 5.74) is 1.000. The molecular weight excluding hydrogens is 419 g/mol. The van der Waals surface area contributed by atoms with Gasteiger partial charge in [0, 0.05) is 10.0 Å². The summed E-state index contributed by atoms with van der Waals surface area (Å²) >= 11 is 18.2. The van der Waals surface area contributed by atoms with Crippen LogP contribution in [0.15, 0.2) is 39.4 Å². The quantitative estimate of drug-likeness (QED) is 0.676. The Labute approximate surface area is 136 Å². The molecule has 2 aromatic rings. The molecule has 0 saturated carbocycles. The van der Waals surface area contributed by atoms with Gasteiger partial charge in [0.15, 0.2) is 0 Å². The molecule has 1 N–H and O–H groups in total. The van der Waals surface area contributed by atoms with Crippen molar-refractivity contribution in [2.24, 2.45) is 0 Å². The maximum atomic E-state index is 12.0. The molecule has 19 heavy (non-hydrogen) atoms. The third-order valence-electron chi connectivity index (χ3n) is 2.24. The van der Waals surface area contributed by atoms with Crippen LogP contribution in [0.4, 0.5) is 5.69 Å². The van der Waals surface area contributed by atoms with E-state index in [9.17, 15) is 4.79 Å². The minimum atomic E-state index is -0.273. The van der Waals surface area contributed by atoms with Crippen molar-refractivity contribution in [3.8, 4) is 0 Å². The molecule has 7 heteroatoms. The van der Waals surface area contributed by atoms with Gasteiger partial charge in [-0.3, -0.25) is 4.79 Å². The fourth-order valence-corrected chi connectivity index (χ4v) is 2.21. The molecule has 98 valence electrons. The predicted molar refractivity (Wildman–Crippen MR) is 84.1 cm³/mol. The number of carbonyl (C=O) groups excluding carboxylic acids is 1. The molecule has 1 amide bonds. The van der Waals surface area contributed by atoms with Gasteiger partial charge in [0.25, 0.3) is 5.91 Å². The van der Waals surface area contributed by atoms with Gasteiger partial charge in [0.1, 0.15) is 5.15 Å². The molecule has 0 fully saturated rings. The maximum absolute atomic E-state index is 12.0. The van der Waals surface area contributed by atoms with Crippen LogP contribution in [0, 0.1) is 0 Å². The Kier molecular flexibility index (Phi) is 4.84. The number of halogens is 4. The molecule has 0 saturated heterocycles. The van der Waals surface area contributed by atoms with Crippen LogP contribution in [0.5, 0.6) is 0 Å². The first kappa shape index (κ1) is 14.8. The number of nitrogens with one attached hydrogen (secondary N) is 1. The molecule has 0 atom stereocenters. The van der Waals surface area contributed by atoms with Gasteiger partial charge in [-0.2, -0.15) is 0 Å². The lowest BCUT2D eigenvalue weighted by Crippen LogP contribution is -2.12. The average molecular weight is 425 g/mol. The molecule has 3 nitrogen and oxygen atoms in total. The van der Waals surface area contributed by atoms with Crippen molar-refractivity contribution in [1.29, 1.82) is 0 Å². The summed E-state index contributed by atoms with van der Waals surface area (Å²) in [6, 6.07) is 6.64. The molecule has 0 aliphatic heterocycles. The van der Waals surface area contributed by atoms with E-state index >= 15 is 0 Å². The van der Waals surface area contributed by atoms with Gasteiger partial charge >= 0.3 is 0 Å². The number of anilines is 1. The van der Waals surface area contributed by atoms with E-state index in [4.69, 9.17) is 23.2 Å². The van der Waals surface area contributed by atoms with Gasteiger partial charge in [0.05, 0.1) is 21.4 Å². The molecule has 0 spiro atoms. The number of amides is 1. The van der Waals surface area contributed by atoms with Gasteiger partial charge in [-0.25, -0.2) is 4.98 Å². The van der Waals surface area contributed by atoms with Crippen molar-refractivity contribution in [3.63, 3.8) is 0 Å². The first-order valence-electron chi connectivity index (χ1n) is 5.05. The Hall–Kier alpha value is -0.620. The molecule has 0 aliphatic carbocycles. The monoisotopic (exact) mass is 422 g/mol. The second kappa shape index (κ2) is 6.22. The topological polar surface area (TPSA) is 42.0 Å². The van der Waals surface area contributed by atoms with Crippen molar-refractivity contribution < 1.29 is 4.79 Å². The highest BCUT2D eigenvalue weighted by molar-refractivity contribution is 9.10. The molecule has 2 rings (SSSR count). The fourth-order valence-electron chi connectivity index (χ4n) is 1.33. The Morgan fingerprint density at radius 3 is 2.53 bits per heavy atom. The largest absolute Gasteiger partial charge is 0.321 e. The normalized spacial score (nSPS) is 10.3. The summed E-state index contributed by atoms with van der Waals surface area (Å²) in [5.74, 6) is -0.273. The molecule has 0 radical (unpaired) electrons. The van der Waals surface area contributed by atoms with E-state index in [1.54, 1.807) is 24.3 Å². The van der Waals surface area contributed by atoms with Crippen LogP contribution in [-0.2, 0) is 0 Å². The van der Waals surface area contributed by atoms with Crippen molar-refractivity contribution >= 4 is 66.7 Å². The van der Waals surface area contributed by atoms with E-state index in [0.717, 1.165) is 4.47 Å². The van der Waals surface area contributed by atoms with Crippen LogP contribution in [0.25, 0.3) is 0 Å². The summed E-state index contributed by atoms with van der Waals surface area (Å²) in [4.78, 5) is 15.9. The third kappa shape index (κ3) is 3.69. The predicted octanol–water partition coefficient (Wildman–Crippen LogP) is 5.17. The second-order valence-electron chi connectivity index (χ2n) is 3.58. The van der Waals surface area contributed by atoms with E-state index in [0.29, 0.717) is 25.9 Å². The summed E-state index contributed by atoms with van der Waals surface area (Å²) < 4.78 is 1.35. The van der Waals surface area contributed by atoms with Gasteiger partial charge in [-0.15, -0.1) is 0 Å². The summed E-state index contributed by atoms with van der Waals surface area (Å²) in [6.07, 6.45) is 1.48. The second-order valence-corrected chi connectivity index (χ2v) is 6.05. The number of rotatable bonds is 2. The molecule has 1 heterocycles. The SMILES string of the molecule is O=C(Nc1cnc(Cl)c(Br)c1)c1ccc(Br)c(Cl)c1. The Bertz CT molecular complexity index is 650. The highest BCUT2D eigenvalue weighted by Gasteiger charge is 2.09. The summed E-state index contributed by atoms with van der Waals surface area (Å²) in [7, 11) is 0. The number of carbonyl (C=O) groups is 1. The number of hydrogen-bond donors (Lipinski definition) is 1. The lowest BCUT2D eigenvalue weighted by atomic mass is 10.2. The van der Waals surface area contributed by atoms with Crippen LogP contribution >= 0.6 is 55.1 Å². The van der Waals surface area contributed by atoms with Crippen LogP contribution in [0.3, 0.4) is 0 Å². The van der Waals surface area contributed by atoms with E-state index < -0.39 is 0 Å². The van der Waals surface area contributed by atoms with Gasteiger partial charge < -0.3 is 5.32 Å². The van der Waals surface area contributed by atoms with Crippen molar-refractivity contribution in [2.75, 3.05) is 5.32 Å². The average Bonchev–Trinajstić information content (AvgIpc) is 2.37. The van der Waals surface area contributed by atoms with Crippen molar-refractivity contribution in [3.05, 3.63) is 55.1 Å². The summed E-state index contributed by atoms with van der Waals surface area (Å²) in [5, 5.41) is 3.52. The van der Waals surface area contributed by atoms with Crippen LogP contribution in [-0.4, -0.2) is 10.9 Å². The van der Waals surface area contributed by atoms with Gasteiger partial charge in [-0.1, -0.05) is 23.2 Å². The number of pyridine rings is 1. The molecule has 0 bridgehead atoms. The fraction of sp³-hybridized carbons (Fsp3) is 0. The minimum Gasteiger partial charge on any atom is -0.321 e. The first-order valence-corrected chi connectivity index (χ1v) is 7.39. The number of benzene rings is 1. The number of aromatic nitrogens is 1. The van der Waals surface area contributed by atoms with Crippen LogP contribution in [0.2, 0.25) is 10.2 Å². The van der Waals surface area contributed by atoms with Crippen molar-refractivity contribution in [1.82, 2.24) is 4.98 Å². The van der Waals surface area contributed by atoms with Crippen molar-refractivity contribution in [2.45, 2.75) is 0 Å². The molecule has 0 aliphatic rings.